The monoisotopic (exact) mass is 253 g/mol. The van der Waals surface area contributed by atoms with E-state index in [4.69, 9.17) is 18.0 Å². The van der Waals surface area contributed by atoms with Gasteiger partial charge in [-0.3, -0.25) is 4.79 Å². The smallest absolute Gasteiger partial charge is 0.233 e. The van der Waals surface area contributed by atoms with Crippen molar-refractivity contribution in [1.29, 1.82) is 0 Å². The number of carbonyl (C=O) groups excluding carboxylic acids is 1. The molecular weight excluding hydrogens is 238 g/mol. The van der Waals surface area contributed by atoms with Gasteiger partial charge in [0.2, 0.25) is 5.91 Å². The summed E-state index contributed by atoms with van der Waals surface area (Å²) in [6, 6.07) is 1.71. The van der Waals surface area contributed by atoms with Gasteiger partial charge >= 0.3 is 0 Å². The second-order valence-electron chi connectivity index (χ2n) is 4.63. The summed E-state index contributed by atoms with van der Waals surface area (Å²) in [6.07, 6.45) is 2.93. The lowest BCUT2D eigenvalue weighted by molar-refractivity contribution is -0.133. The number of hydrogen-bond acceptors (Lipinski definition) is 4. The second-order valence-corrected chi connectivity index (χ2v) is 5.07. The number of nitrogens with two attached hydrogens (primary N) is 1. The Morgan fingerprint density at radius 3 is 2.94 bits per heavy atom. The minimum absolute atomic E-state index is 0.105. The predicted octanol–water partition coefficient (Wildman–Crippen LogP) is 0.993. The van der Waals surface area contributed by atoms with Crippen LogP contribution in [-0.2, 0) is 11.3 Å². The topological polar surface area (TPSA) is 81.2 Å². The van der Waals surface area contributed by atoms with Crippen LogP contribution in [0.25, 0.3) is 0 Å². The standard InChI is InChI=1S/C11H15N3O2S/c1-7-4-11(5-7,9(12)17)10(15)13-6-8-2-3-16-14-8/h2-3,7H,4-6H2,1H3,(H2,12,17)(H,13,15). The number of rotatable bonds is 4. The van der Waals surface area contributed by atoms with Crippen LogP contribution in [0.4, 0.5) is 0 Å². The molecule has 3 N–H and O–H groups in total. The molecule has 2 rings (SSSR count). The Kier molecular flexibility index (Phi) is 3.15. The molecule has 1 aliphatic carbocycles. The van der Waals surface area contributed by atoms with Crippen LogP contribution in [0.2, 0.25) is 0 Å². The fraction of sp³-hybridized carbons (Fsp3) is 0.545. The van der Waals surface area contributed by atoms with Crippen molar-refractivity contribution in [3.63, 3.8) is 0 Å². The molecule has 0 atom stereocenters. The highest BCUT2D eigenvalue weighted by Gasteiger charge is 2.50. The average Bonchev–Trinajstić information content (AvgIpc) is 2.73. The minimum Gasteiger partial charge on any atom is -0.392 e. The van der Waals surface area contributed by atoms with Gasteiger partial charge in [-0.25, -0.2) is 0 Å². The normalized spacial score (nSPS) is 27.2. The largest absolute Gasteiger partial charge is 0.392 e. The van der Waals surface area contributed by atoms with E-state index < -0.39 is 5.41 Å². The zero-order valence-corrected chi connectivity index (χ0v) is 10.4. The van der Waals surface area contributed by atoms with Gasteiger partial charge in [-0.1, -0.05) is 24.3 Å². The van der Waals surface area contributed by atoms with Crippen molar-refractivity contribution >= 4 is 23.1 Å². The van der Waals surface area contributed by atoms with Crippen molar-refractivity contribution in [2.75, 3.05) is 0 Å². The van der Waals surface area contributed by atoms with Gasteiger partial charge < -0.3 is 15.6 Å². The highest BCUT2D eigenvalue weighted by Crippen LogP contribution is 2.45. The maximum atomic E-state index is 12.1. The van der Waals surface area contributed by atoms with Crippen LogP contribution in [0.5, 0.6) is 0 Å². The zero-order valence-electron chi connectivity index (χ0n) is 9.60. The molecule has 92 valence electrons. The molecule has 1 heterocycles. The van der Waals surface area contributed by atoms with Gasteiger partial charge in [-0.05, 0) is 18.8 Å². The number of hydrogen-bond donors (Lipinski definition) is 2. The maximum Gasteiger partial charge on any atom is 0.233 e. The van der Waals surface area contributed by atoms with Crippen LogP contribution in [-0.4, -0.2) is 16.1 Å². The van der Waals surface area contributed by atoms with Crippen LogP contribution in [0.1, 0.15) is 25.5 Å². The summed E-state index contributed by atoms with van der Waals surface area (Å²) in [6.45, 7) is 2.43. The Hall–Kier alpha value is -1.43. The minimum atomic E-state index is -0.654. The third-order valence-electron chi connectivity index (χ3n) is 3.22. The quantitative estimate of drug-likeness (QED) is 0.782. The Labute approximate surface area is 105 Å². The van der Waals surface area contributed by atoms with Gasteiger partial charge in [-0.15, -0.1) is 0 Å². The molecule has 0 radical (unpaired) electrons. The van der Waals surface area contributed by atoms with Crippen LogP contribution in [0, 0.1) is 11.3 Å². The molecule has 1 saturated carbocycles. The molecule has 0 spiro atoms. The summed E-state index contributed by atoms with van der Waals surface area (Å²) in [7, 11) is 0. The lowest BCUT2D eigenvalue weighted by Crippen LogP contribution is -2.55. The van der Waals surface area contributed by atoms with E-state index in [0.717, 1.165) is 12.8 Å². The van der Waals surface area contributed by atoms with Crippen LogP contribution < -0.4 is 11.1 Å². The van der Waals surface area contributed by atoms with Gasteiger partial charge in [0.15, 0.2) is 0 Å². The molecule has 1 fully saturated rings. The predicted molar refractivity (Wildman–Crippen MR) is 66.0 cm³/mol. The first kappa shape index (κ1) is 12.0. The van der Waals surface area contributed by atoms with E-state index in [9.17, 15) is 4.79 Å². The Morgan fingerprint density at radius 1 is 1.76 bits per heavy atom. The van der Waals surface area contributed by atoms with E-state index in [0.29, 0.717) is 18.2 Å². The fourth-order valence-electron chi connectivity index (χ4n) is 2.30. The first-order chi connectivity index (χ1) is 8.04. The highest BCUT2D eigenvalue weighted by molar-refractivity contribution is 7.80. The Balaban J connectivity index is 1.96. The number of thiocarbonyl (C=S) groups is 1. The number of amides is 1. The summed E-state index contributed by atoms with van der Waals surface area (Å²) >= 11 is 5.01. The molecule has 0 bridgehead atoms. The molecule has 1 aliphatic rings. The SMILES string of the molecule is CC1CC(C(=O)NCc2ccon2)(C(N)=S)C1. The molecule has 5 nitrogen and oxygen atoms in total. The van der Waals surface area contributed by atoms with Crippen LogP contribution in [0.15, 0.2) is 16.9 Å². The summed E-state index contributed by atoms with van der Waals surface area (Å²) < 4.78 is 4.69. The van der Waals surface area contributed by atoms with Gasteiger partial charge in [0.25, 0.3) is 0 Å². The molecule has 0 unspecified atom stereocenters. The van der Waals surface area contributed by atoms with Crippen molar-refractivity contribution in [3.8, 4) is 0 Å². The van der Waals surface area contributed by atoms with Gasteiger partial charge in [0.1, 0.15) is 12.0 Å². The van der Waals surface area contributed by atoms with Crippen molar-refractivity contribution in [3.05, 3.63) is 18.0 Å². The average molecular weight is 253 g/mol. The van der Waals surface area contributed by atoms with Gasteiger partial charge in [0, 0.05) is 6.07 Å². The van der Waals surface area contributed by atoms with Crippen molar-refractivity contribution in [2.45, 2.75) is 26.3 Å². The lowest BCUT2D eigenvalue weighted by atomic mass is 9.62. The third kappa shape index (κ3) is 2.17. The first-order valence-electron chi connectivity index (χ1n) is 5.52. The van der Waals surface area contributed by atoms with E-state index in [1.54, 1.807) is 6.07 Å². The molecule has 0 aromatic carbocycles. The van der Waals surface area contributed by atoms with Crippen LogP contribution in [0.3, 0.4) is 0 Å². The number of nitrogens with one attached hydrogen (secondary N) is 1. The van der Waals surface area contributed by atoms with Gasteiger partial charge in [0.05, 0.1) is 16.9 Å². The van der Waals surface area contributed by atoms with Crippen molar-refractivity contribution < 1.29 is 9.32 Å². The zero-order chi connectivity index (χ0) is 12.5. The Morgan fingerprint density at radius 2 is 2.47 bits per heavy atom. The molecule has 17 heavy (non-hydrogen) atoms. The molecule has 6 heteroatoms. The second kappa shape index (κ2) is 4.44. The van der Waals surface area contributed by atoms with E-state index in [2.05, 4.69) is 21.9 Å². The number of carbonyl (C=O) groups is 1. The molecule has 1 aromatic rings. The van der Waals surface area contributed by atoms with E-state index in [1.807, 2.05) is 0 Å². The van der Waals surface area contributed by atoms with Crippen molar-refractivity contribution in [2.24, 2.45) is 17.1 Å². The maximum absolute atomic E-state index is 12.1. The molecular formula is C11H15N3O2S. The number of nitrogens with zero attached hydrogens (tertiary/aromatic N) is 1. The Bertz CT molecular complexity index is 424. The molecule has 0 aliphatic heterocycles. The van der Waals surface area contributed by atoms with Crippen LogP contribution >= 0.6 is 12.2 Å². The van der Waals surface area contributed by atoms with E-state index in [1.165, 1.54) is 6.26 Å². The summed E-state index contributed by atoms with van der Waals surface area (Å²) in [5.74, 6) is 0.389. The lowest BCUT2D eigenvalue weighted by Gasteiger charge is -2.44. The first-order valence-corrected chi connectivity index (χ1v) is 5.93. The van der Waals surface area contributed by atoms with E-state index >= 15 is 0 Å². The number of aromatic nitrogens is 1. The van der Waals surface area contributed by atoms with Crippen molar-refractivity contribution in [1.82, 2.24) is 10.5 Å². The summed E-state index contributed by atoms with van der Waals surface area (Å²) in [5, 5.41) is 6.52. The highest BCUT2D eigenvalue weighted by atomic mass is 32.1. The fourth-order valence-corrected chi connectivity index (χ4v) is 2.56. The molecule has 1 amide bonds. The molecule has 0 saturated heterocycles. The van der Waals surface area contributed by atoms with Gasteiger partial charge in [-0.2, -0.15) is 0 Å². The summed E-state index contributed by atoms with van der Waals surface area (Å²) in [5.41, 5.74) is 5.71. The third-order valence-corrected chi connectivity index (χ3v) is 3.61. The van der Waals surface area contributed by atoms with E-state index in [-0.39, 0.29) is 10.9 Å². The summed E-state index contributed by atoms with van der Waals surface area (Å²) in [4.78, 5) is 12.4. The molecule has 1 aromatic heterocycles.